The average molecular weight is 219 g/mol. The van der Waals surface area contributed by atoms with E-state index in [0.717, 1.165) is 5.75 Å². The fourth-order valence-corrected chi connectivity index (χ4v) is 2.54. The Labute approximate surface area is 97.8 Å². The van der Waals surface area contributed by atoms with Gasteiger partial charge in [-0.1, -0.05) is 25.0 Å². The van der Waals surface area contributed by atoms with Crippen LogP contribution in [-0.4, -0.2) is 6.61 Å². The van der Waals surface area contributed by atoms with Gasteiger partial charge in [-0.3, -0.25) is 0 Å². The van der Waals surface area contributed by atoms with Crippen molar-refractivity contribution in [1.29, 1.82) is 0 Å². The summed E-state index contributed by atoms with van der Waals surface area (Å²) in [7, 11) is 0. The number of rotatable bonds is 4. The summed E-state index contributed by atoms with van der Waals surface area (Å²) in [6, 6.07) is 8.46. The molecule has 0 radical (unpaired) electrons. The average Bonchev–Trinajstić information content (AvgIpc) is 2.83. The standard InChI is InChI=1S/C14H21NO/c1-2-16-13-9-7-12(8-10-13)14(15)11-5-3-4-6-11/h7-11,14H,2-6,15H2,1H3/t14-/m0/s1. The molecule has 1 aliphatic rings. The Balaban J connectivity index is 2.02. The van der Waals surface area contributed by atoms with Gasteiger partial charge in [0.1, 0.15) is 5.75 Å². The van der Waals surface area contributed by atoms with E-state index in [1.807, 2.05) is 19.1 Å². The number of benzene rings is 1. The van der Waals surface area contributed by atoms with E-state index in [9.17, 15) is 0 Å². The van der Waals surface area contributed by atoms with Gasteiger partial charge in [-0.05, 0) is 43.4 Å². The number of nitrogens with two attached hydrogens (primary N) is 1. The molecule has 1 aliphatic carbocycles. The molecule has 1 fully saturated rings. The van der Waals surface area contributed by atoms with Crippen molar-refractivity contribution < 1.29 is 4.74 Å². The Morgan fingerprint density at radius 1 is 1.25 bits per heavy atom. The van der Waals surface area contributed by atoms with E-state index in [2.05, 4.69) is 12.1 Å². The minimum Gasteiger partial charge on any atom is -0.494 e. The highest BCUT2D eigenvalue weighted by Crippen LogP contribution is 2.34. The van der Waals surface area contributed by atoms with Crippen molar-refractivity contribution in [2.75, 3.05) is 6.61 Å². The lowest BCUT2D eigenvalue weighted by molar-refractivity contribution is 0.340. The van der Waals surface area contributed by atoms with Crippen molar-refractivity contribution in [2.45, 2.75) is 38.6 Å². The summed E-state index contributed by atoms with van der Waals surface area (Å²) in [5.41, 5.74) is 7.53. The molecule has 0 aliphatic heterocycles. The second kappa shape index (κ2) is 5.35. The van der Waals surface area contributed by atoms with Crippen LogP contribution in [0.25, 0.3) is 0 Å². The van der Waals surface area contributed by atoms with Gasteiger partial charge in [0.2, 0.25) is 0 Å². The van der Waals surface area contributed by atoms with Gasteiger partial charge in [-0.25, -0.2) is 0 Å². The van der Waals surface area contributed by atoms with Crippen LogP contribution in [0.1, 0.15) is 44.2 Å². The van der Waals surface area contributed by atoms with Crippen LogP contribution >= 0.6 is 0 Å². The number of ether oxygens (including phenoxy) is 1. The Morgan fingerprint density at radius 2 is 1.88 bits per heavy atom. The minimum atomic E-state index is 0.207. The van der Waals surface area contributed by atoms with Gasteiger partial charge in [-0.2, -0.15) is 0 Å². The maximum absolute atomic E-state index is 6.28. The molecular formula is C14H21NO. The van der Waals surface area contributed by atoms with Crippen LogP contribution < -0.4 is 10.5 Å². The molecule has 2 rings (SSSR count). The molecule has 1 atom stereocenters. The first-order valence-corrected chi connectivity index (χ1v) is 6.29. The summed E-state index contributed by atoms with van der Waals surface area (Å²) in [4.78, 5) is 0. The molecule has 0 saturated heterocycles. The van der Waals surface area contributed by atoms with Crippen LogP contribution in [0.3, 0.4) is 0 Å². The van der Waals surface area contributed by atoms with Crippen molar-refractivity contribution in [3.05, 3.63) is 29.8 Å². The van der Waals surface area contributed by atoms with E-state index >= 15 is 0 Å². The van der Waals surface area contributed by atoms with Crippen LogP contribution in [0.15, 0.2) is 24.3 Å². The Morgan fingerprint density at radius 3 is 2.44 bits per heavy atom. The molecule has 0 bridgehead atoms. The van der Waals surface area contributed by atoms with Gasteiger partial charge < -0.3 is 10.5 Å². The van der Waals surface area contributed by atoms with Crippen molar-refractivity contribution in [3.8, 4) is 5.75 Å². The van der Waals surface area contributed by atoms with E-state index in [-0.39, 0.29) is 6.04 Å². The van der Waals surface area contributed by atoms with Crippen molar-refractivity contribution in [3.63, 3.8) is 0 Å². The summed E-state index contributed by atoms with van der Waals surface area (Å²) in [6.07, 6.45) is 5.26. The fourth-order valence-electron chi connectivity index (χ4n) is 2.54. The van der Waals surface area contributed by atoms with Crippen molar-refractivity contribution in [2.24, 2.45) is 11.7 Å². The second-order valence-electron chi connectivity index (χ2n) is 4.57. The zero-order chi connectivity index (χ0) is 11.4. The van der Waals surface area contributed by atoms with E-state index in [1.165, 1.54) is 31.2 Å². The van der Waals surface area contributed by atoms with Crippen LogP contribution in [0.4, 0.5) is 0 Å². The number of hydrogen-bond acceptors (Lipinski definition) is 2. The van der Waals surface area contributed by atoms with Crippen LogP contribution in [0.2, 0.25) is 0 Å². The predicted octanol–water partition coefficient (Wildman–Crippen LogP) is 3.28. The molecule has 1 aromatic rings. The summed E-state index contributed by atoms with van der Waals surface area (Å²) in [5, 5.41) is 0. The fraction of sp³-hybridized carbons (Fsp3) is 0.571. The van der Waals surface area contributed by atoms with Gasteiger partial charge in [0.25, 0.3) is 0 Å². The molecule has 0 unspecified atom stereocenters. The third-order valence-electron chi connectivity index (χ3n) is 3.48. The van der Waals surface area contributed by atoms with Gasteiger partial charge >= 0.3 is 0 Å². The molecule has 0 spiro atoms. The molecule has 2 heteroatoms. The smallest absolute Gasteiger partial charge is 0.119 e. The SMILES string of the molecule is CCOc1ccc([C@@H](N)C2CCCC2)cc1. The van der Waals surface area contributed by atoms with Crippen molar-refractivity contribution in [1.82, 2.24) is 0 Å². The van der Waals surface area contributed by atoms with Crippen LogP contribution in [-0.2, 0) is 0 Å². The molecule has 0 amide bonds. The topological polar surface area (TPSA) is 35.2 Å². The summed E-state index contributed by atoms with van der Waals surface area (Å²) < 4.78 is 5.43. The molecular weight excluding hydrogens is 198 g/mol. The molecule has 1 aromatic carbocycles. The Kier molecular flexibility index (Phi) is 3.83. The zero-order valence-electron chi connectivity index (χ0n) is 9.99. The summed E-state index contributed by atoms with van der Waals surface area (Å²) in [5.74, 6) is 1.61. The van der Waals surface area contributed by atoms with E-state index in [1.54, 1.807) is 0 Å². The first-order chi connectivity index (χ1) is 7.81. The minimum absolute atomic E-state index is 0.207. The highest BCUT2D eigenvalue weighted by molar-refractivity contribution is 5.29. The lowest BCUT2D eigenvalue weighted by atomic mass is 9.92. The first-order valence-electron chi connectivity index (χ1n) is 6.29. The van der Waals surface area contributed by atoms with Gasteiger partial charge in [0, 0.05) is 6.04 Å². The largest absolute Gasteiger partial charge is 0.494 e. The van der Waals surface area contributed by atoms with Gasteiger partial charge in [-0.15, -0.1) is 0 Å². The quantitative estimate of drug-likeness (QED) is 0.843. The van der Waals surface area contributed by atoms with Gasteiger partial charge in [0.05, 0.1) is 6.61 Å². The van der Waals surface area contributed by atoms with E-state index in [0.29, 0.717) is 12.5 Å². The molecule has 0 heterocycles. The third kappa shape index (κ3) is 2.56. The summed E-state index contributed by atoms with van der Waals surface area (Å²) in [6.45, 7) is 2.71. The number of hydrogen-bond donors (Lipinski definition) is 1. The van der Waals surface area contributed by atoms with E-state index in [4.69, 9.17) is 10.5 Å². The molecule has 2 N–H and O–H groups in total. The molecule has 88 valence electrons. The maximum atomic E-state index is 6.28. The third-order valence-corrected chi connectivity index (χ3v) is 3.48. The Hall–Kier alpha value is -1.02. The summed E-state index contributed by atoms with van der Waals surface area (Å²) >= 11 is 0. The molecule has 16 heavy (non-hydrogen) atoms. The monoisotopic (exact) mass is 219 g/mol. The highest BCUT2D eigenvalue weighted by atomic mass is 16.5. The Bertz CT molecular complexity index is 314. The highest BCUT2D eigenvalue weighted by Gasteiger charge is 2.22. The maximum Gasteiger partial charge on any atom is 0.119 e. The lowest BCUT2D eigenvalue weighted by Crippen LogP contribution is -2.18. The predicted molar refractivity (Wildman–Crippen MR) is 66.5 cm³/mol. The normalized spacial score (nSPS) is 18.6. The molecule has 2 nitrogen and oxygen atoms in total. The lowest BCUT2D eigenvalue weighted by Gasteiger charge is -2.19. The second-order valence-corrected chi connectivity index (χ2v) is 4.57. The first kappa shape index (κ1) is 11.5. The molecule has 0 aromatic heterocycles. The molecule has 1 saturated carbocycles. The van der Waals surface area contributed by atoms with E-state index < -0.39 is 0 Å². The van der Waals surface area contributed by atoms with Crippen LogP contribution in [0.5, 0.6) is 5.75 Å². The van der Waals surface area contributed by atoms with Gasteiger partial charge in [0.15, 0.2) is 0 Å². The van der Waals surface area contributed by atoms with Crippen molar-refractivity contribution >= 4 is 0 Å². The van der Waals surface area contributed by atoms with Crippen LogP contribution in [0, 0.1) is 5.92 Å². The zero-order valence-corrected chi connectivity index (χ0v) is 9.99.